The summed E-state index contributed by atoms with van der Waals surface area (Å²) in [7, 11) is 0. The van der Waals surface area contributed by atoms with Crippen molar-refractivity contribution >= 4 is 3.26 Å². The summed E-state index contributed by atoms with van der Waals surface area (Å²) in [5.74, 6) is 0. The van der Waals surface area contributed by atoms with Crippen LogP contribution in [-0.4, -0.2) is 25.7 Å². The smallest absolute Gasteiger partial charge is 0.0483 e. The van der Waals surface area contributed by atoms with Gasteiger partial charge in [-0.1, -0.05) is 0 Å². The van der Waals surface area contributed by atoms with Gasteiger partial charge in [-0.05, 0) is 27.7 Å². The molecule has 0 saturated carbocycles. The summed E-state index contributed by atoms with van der Waals surface area (Å²) in [6.07, 6.45) is 20.6. The van der Waals surface area contributed by atoms with E-state index in [9.17, 15) is 0 Å². The molecule has 0 amide bonds. The Morgan fingerprint density at radius 3 is 1.47 bits per heavy atom. The molecule has 0 aromatic heterocycles. The fourth-order valence-electron chi connectivity index (χ4n) is 3.25. The van der Waals surface area contributed by atoms with Crippen molar-refractivity contribution in [2.24, 2.45) is 0 Å². The molecular formula is C27H44HfO2. The molecule has 2 aliphatic rings. The molecule has 0 aromatic rings. The molecule has 168 valence electrons. The average molecular weight is 579 g/mol. The Kier molecular flexibility index (Phi) is 16.2. The second-order valence-corrected chi connectivity index (χ2v) is 19.4. The second kappa shape index (κ2) is 16.8. The monoisotopic (exact) mass is 580 g/mol. The van der Waals surface area contributed by atoms with Crippen LogP contribution in [0.25, 0.3) is 0 Å². The maximum Gasteiger partial charge on any atom is 0.0483 e. The zero-order chi connectivity index (χ0) is 23.1. The molecule has 0 aromatic carbocycles. The van der Waals surface area contributed by atoms with E-state index in [1.165, 1.54) is 24.0 Å². The summed E-state index contributed by atoms with van der Waals surface area (Å²) >= 11 is -1.93. The van der Waals surface area contributed by atoms with Gasteiger partial charge in [-0.2, -0.15) is 0 Å². The molecule has 0 aliphatic heterocycles. The number of aliphatic hydroxyl groups excluding tert-OH is 2. The van der Waals surface area contributed by atoms with Crippen LogP contribution in [0.15, 0.2) is 67.4 Å². The topological polar surface area (TPSA) is 40.5 Å². The predicted molar refractivity (Wildman–Crippen MR) is 131 cm³/mol. The minimum absolute atomic E-state index is 0.167. The van der Waals surface area contributed by atoms with Crippen LogP contribution in [0, 0.1) is 0 Å². The van der Waals surface area contributed by atoms with Crippen LogP contribution in [-0.2, 0) is 21.0 Å². The third kappa shape index (κ3) is 13.4. The molecule has 0 fully saturated rings. The van der Waals surface area contributed by atoms with Crippen molar-refractivity contribution in [3.05, 3.63) is 67.4 Å². The van der Waals surface area contributed by atoms with E-state index in [-0.39, 0.29) is 12.2 Å². The van der Waals surface area contributed by atoms with Crippen molar-refractivity contribution in [3.63, 3.8) is 0 Å². The average Bonchev–Trinajstić information content (AvgIpc) is 3.27. The first-order valence-corrected chi connectivity index (χ1v) is 16.6. The van der Waals surface area contributed by atoms with Gasteiger partial charge in [-0.15, -0.1) is 0 Å². The maximum atomic E-state index is 8.06. The van der Waals surface area contributed by atoms with Crippen molar-refractivity contribution in [3.8, 4) is 0 Å². The molecule has 0 saturated heterocycles. The van der Waals surface area contributed by atoms with Gasteiger partial charge in [0, 0.05) is 12.2 Å². The maximum absolute atomic E-state index is 8.06. The molecule has 2 N–H and O–H groups in total. The molecule has 0 radical (unpaired) electrons. The zero-order valence-corrected chi connectivity index (χ0v) is 23.8. The summed E-state index contributed by atoms with van der Waals surface area (Å²) in [5.41, 5.74) is 3.08. The zero-order valence-electron chi connectivity index (χ0n) is 20.2. The largest absolute Gasteiger partial charge is 0.394 e. The van der Waals surface area contributed by atoms with Gasteiger partial charge in [-0.25, -0.2) is 0 Å². The quantitative estimate of drug-likeness (QED) is 0.242. The molecule has 3 heteroatoms. The molecule has 0 atom stereocenters. The Balaban J connectivity index is 0.000000901. The van der Waals surface area contributed by atoms with Crippen LogP contribution in [0.2, 0.25) is 0 Å². The second-order valence-electron chi connectivity index (χ2n) is 8.52. The predicted octanol–water partition coefficient (Wildman–Crippen LogP) is 6.95. The van der Waals surface area contributed by atoms with E-state index in [1.54, 1.807) is 37.6 Å². The van der Waals surface area contributed by atoms with Crippen molar-refractivity contribution in [1.82, 2.24) is 0 Å². The fourth-order valence-corrected chi connectivity index (χ4v) is 13.9. The number of allylic oxidation sites excluding steroid dienone is 10. The van der Waals surface area contributed by atoms with Crippen LogP contribution >= 0.6 is 0 Å². The summed E-state index contributed by atoms with van der Waals surface area (Å²) in [6.45, 7) is 19.3. The Morgan fingerprint density at radius 1 is 0.867 bits per heavy atom. The first-order valence-electron chi connectivity index (χ1n) is 11.2. The van der Waals surface area contributed by atoms with Crippen LogP contribution in [0.3, 0.4) is 0 Å². The molecule has 2 aliphatic carbocycles. The molecule has 0 heterocycles. The number of aliphatic hydroxyl groups is 2. The Hall–Kier alpha value is -0.900. The van der Waals surface area contributed by atoms with Gasteiger partial charge in [0.1, 0.15) is 0 Å². The molecule has 2 rings (SSSR count). The number of hydrogen-bond acceptors (Lipinski definition) is 2. The van der Waals surface area contributed by atoms with Crippen LogP contribution in [0.5, 0.6) is 0 Å². The SMILES string of the molecule is C=CCCC1=CC[C]([Hf]([C]2=CC(CCC=C)=CC2)=[C](C)C)=C1.CC(C)O.CC(C)O. The van der Waals surface area contributed by atoms with Gasteiger partial charge < -0.3 is 10.2 Å². The molecular weight excluding hydrogens is 535 g/mol. The van der Waals surface area contributed by atoms with Gasteiger partial charge in [0.05, 0.1) is 0 Å². The van der Waals surface area contributed by atoms with Gasteiger partial charge >= 0.3 is 144 Å². The van der Waals surface area contributed by atoms with Gasteiger partial charge in [0.2, 0.25) is 0 Å². The molecule has 0 unspecified atom stereocenters. The van der Waals surface area contributed by atoms with Gasteiger partial charge in [0.25, 0.3) is 0 Å². The Morgan fingerprint density at radius 2 is 1.20 bits per heavy atom. The molecule has 0 spiro atoms. The van der Waals surface area contributed by atoms with Crippen molar-refractivity contribution in [2.45, 2.75) is 92.3 Å². The van der Waals surface area contributed by atoms with Crippen molar-refractivity contribution in [2.75, 3.05) is 0 Å². The number of rotatable bonds is 8. The summed E-state index contributed by atoms with van der Waals surface area (Å²) in [4.78, 5) is 0. The first kappa shape index (κ1) is 29.1. The van der Waals surface area contributed by atoms with Crippen molar-refractivity contribution in [1.29, 1.82) is 0 Å². The Labute approximate surface area is 193 Å². The van der Waals surface area contributed by atoms with E-state index in [4.69, 9.17) is 10.2 Å². The molecule has 30 heavy (non-hydrogen) atoms. The van der Waals surface area contributed by atoms with E-state index in [0.29, 0.717) is 0 Å². The molecule has 0 bridgehead atoms. The van der Waals surface area contributed by atoms with E-state index in [2.05, 4.69) is 51.3 Å². The fraction of sp³-hybridized carbons (Fsp3) is 0.519. The summed E-state index contributed by atoms with van der Waals surface area (Å²) < 4.78 is 5.29. The van der Waals surface area contributed by atoms with Crippen LogP contribution in [0.1, 0.15) is 80.1 Å². The van der Waals surface area contributed by atoms with Gasteiger partial charge in [0.15, 0.2) is 0 Å². The van der Waals surface area contributed by atoms with Crippen LogP contribution in [0.4, 0.5) is 0 Å². The van der Waals surface area contributed by atoms with E-state index < -0.39 is 21.0 Å². The summed E-state index contributed by atoms with van der Waals surface area (Å²) in [5, 5.41) is 16.1. The van der Waals surface area contributed by atoms with Crippen LogP contribution < -0.4 is 0 Å². The normalized spacial score (nSPS) is 14.6. The van der Waals surface area contributed by atoms with E-state index in [0.717, 1.165) is 25.7 Å². The molecule has 2 nitrogen and oxygen atoms in total. The van der Waals surface area contributed by atoms with E-state index in [1.807, 2.05) is 12.2 Å². The Bertz CT molecular complexity index is 637. The van der Waals surface area contributed by atoms with Crippen molar-refractivity contribution < 1.29 is 31.2 Å². The van der Waals surface area contributed by atoms with E-state index >= 15 is 0 Å². The first-order chi connectivity index (χ1) is 14.1. The third-order valence-corrected chi connectivity index (χ3v) is 15.0. The minimum atomic E-state index is -1.93. The van der Waals surface area contributed by atoms with Gasteiger partial charge in [-0.3, -0.25) is 0 Å². The minimum Gasteiger partial charge on any atom is -0.394 e. The summed E-state index contributed by atoms with van der Waals surface area (Å²) in [6, 6.07) is 0. The number of hydrogen-bond donors (Lipinski definition) is 2. The third-order valence-electron chi connectivity index (χ3n) is 4.30. The standard InChI is InChI=1S/2C9H11.2C3H8O.C3H6.Hf/c2*1-2-3-6-9-7-4-5-8-9;2*1-3(2)4;1-3-2;/h2*2,7-8H,1,3-4,6H2;2*3-4H,1-2H3;1-2H3;.